The van der Waals surface area contributed by atoms with Gasteiger partial charge in [0.05, 0.1) is 0 Å². The lowest BCUT2D eigenvalue weighted by Crippen LogP contribution is -2.34. The van der Waals surface area contributed by atoms with Crippen molar-refractivity contribution in [2.45, 2.75) is 26.4 Å². The zero-order valence-electron chi connectivity index (χ0n) is 11.6. The number of nitrogens with one attached hydrogen (secondary N) is 1. The molecule has 1 unspecified atom stereocenters. The zero-order valence-corrected chi connectivity index (χ0v) is 12.4. The molecule has 0 bridgehead atoms. The van der Waals surface area contributed by atoms with Gasteiger partial charge in [0.15, 0.2) is 0 Å². The van der Waals surface area contributed by atoms with Gasteiger partial charge in [-0.1, -0.05) is 30.3 Å². The summed E-state index contributed by atoms with van der Waals surface area (Å²) in [4.78, 5) is 6.63. The summed E-state index contributed by atoms with van der Waals surface area (Å²) in [5.41, 5.74) is 1.34. The number of aromatic nitrogens is 2. The zero-order chi connectivity index (χ0) is 13.7. The summed E-state index contributed by atoms with van der Waals surface area (Å²) in [5, 5.41) is 4.24. The summed E-state index contributed by atoms with van der Waals surface area (Å²) >= 11 is 1.42. The quantitative estimate of drug-likeness (QED) is 0.881. The van der Waals surface area contributed by atoms with E-state index in [1.165, 1.54) is 17.1 Å². The first-order valence-electron chi connectivity index (χ1n) is 6.43. The van der Waals surface area contributed by atoms with Gasteiger partial charge in [0, 0.05) is 30.7 Å². The third kappa shape index (κ3) is 4.29. The molecule has 0 amide bonds. The number of hydrogen-bond donors (Lipinski definition) is 1. The normalized spacial score (nSPS) is 12.6. The molecule has 102 valence electrons. The van der Waals surface area contributed by atoms with Gasteiger partial charge < -0.3 is 5.32 Å². The van der Waals surface area contributed by atoms with Crippen molar-refractivity contribution >= 4 is 16.7 Å². The molecule has 4 nitrogen and oxygen atoms in total. The molecule has 0 spiro atoms. The van der Waals surface area contributed by atoms with E-state index in [2.05, 4.69) is 57.8 Å². The summed E-state index contributed by atoms with van der Waals surface area (Å²) in [6, 6.07) is 11.0. The van der Waals surface area contributed by atoms with Crippen molar-refractivity contribution in [2.24, 2.45) is 0 Å². The Morgan fingerprint density at radius 2 is 2.05 bits per heavy atom. The fourth-order valence-electron chi connectivity index (χ4n) is 1.79. The van der Waals surface area contributed by atoms with E-state index in [9.17, 15) is 0 Å². The average Bonchev–Trinajstić information content (AvgIpc) is 2.83. The number of benzene rings is 1. The van der Waals surface area contributed by atoms with Gasteiger partial charge in [0.25, 0.3) is 0 Å². The molecule has 0 aliphatic carbocycles. The molecule has 5 heteroatoms. The Balaban J connectivity index is 1.80. The molecule has 1 aromatic heterocycles. The third-order valence-electron chi connectivity index (χ3n) is 3.10. The van der Waals surface area contributed by atoms with E-state index in [-0.39, 0.29) is 0 Å². The molecule has 19 heavy (non-hydrogen) atoms. The maximum Gasteiger partial charge on any atom is 0.202 e. The van der Waals surface area contributed by atoms with Crippen LogP contribution in [-0.4, -0.2) is 33.9 Å². The molecular weight excluding hydrogens is 256 g/mol. The van der Waals surface area contributed by atoms with Gasteiger partial charge in [-0.3, -0.25) is 4.90 Å². The lowest BCUT2D eigenvalue weighted by atomic mass is 10.2. The van der Waals surface area contributed by atoms with Crippen molar-refractivity contribution in [1.29, 1.82) is 0 Å². The fourth-order valence-corrected chi connectivity index (χ4v) is 2.37. The van der Waals surface area contributed by atoms with Crippen molar-refractivity contribution in [2.75, 3.05) is 18.9 Å². The molecule has 0 aliphatic rings. The van der Waals surface area contributed by atoms with Gasteiger partial charge in [-0.2, -0.15) is 4.37 Å². The first-order valence-corrected chi connectivity index (χ1v) is 7.21. The maximum atomic E-state index is 4.30. The number of hydrogen-bond acceptors (Lipinski definition) is 5. The second-order valence-corrected chi connectivity index (χ2v) is 5.53. The van der Waals surface area contributed by atoms with Crippen molar-refractivity contribution in [1.82, 2.24) is 14.3 Å². The molecule has 1 N–H and O–H groups in total. The van der Waals surface area contributed by atoms with E-state index < -0.39 is 0 Å². The van der Waals surface area contributed by atoms with Crippen LogP contribution in [0, 0.1) is 6.92 Å². The van der Waals surface area contributed by atoms with E-state index in [0.717, 1.165) is 24.0 Å². The van der Waals surface area contributed by atoms with Gasteiger partial charge in [-0.05, 0) is 26.5 Å². The average molecular weight is 276 g/mol. The topological polar surface area (TPSA) is 41.1 Å². The molecule has 0 saturated heterocycles. The standard InChI is InChI=1S/C14H20N4S/c1-11(9-15-14-16-12(2)17-19-14)18(3)10-13-7-5-4-6-8-13/h4-8,11H,9-10H2,1-3H3,(H,15,16,17). The molecule has 0 aliphatic heterocycles. The molecular formula is C14H20N4S. The molecule has 2 aromatic rings. The highest BCUT2D eigenvalue weighted by molar-refractivity contribution is 7.09. The summed E-state index contributed by atoms with van der Waals surface area (Å²) < 4.78 is 4.16. The van der Waals surface area contributed by atoms with Crippen molar-refractivity contribution < 1.29 is 0 Å². The minimum Gasteiger partial charge on any atom is -0.359 e. The Morgan fingerprint density at radius 3 is 2.68 bits per heavy atom. The molecule has 2 rings (SSSR count). The summed E-state index contributed by atoms with van der Waals surface area (Å²) in [6.07, 6.45) is 0. The second-order valence-electron chi connectivity index (χ2n) is 4.78. The lowest BCUT2D eigenvalue weighted by Gasteiger charge is -2.24. The Bertz CT molecular complexity index is 497. The van der Waals surface area contributed by atoms with Gasteiger partial charge in [0.1, 0.15) is 5.82 Å². The number of aryl methyl sites for hydroxylation is 1. The van der Waals surface area contributed by atoms with Gasteiger partial charge >= 0.3 is 0 Å². The monoisotopic (exact) mass is 276 g/mol. The summed E-state index contributed by atoms with van der Waals surface area (Å²) in [5.74, 6) is 0.831. The molecule has 0 fully saturated rings. The van der Waals surface area contributed by atoms with Crippen LogP contribution in [0.5, 0.6) is 0 Å². The van der Waals surface area contributed by atoms with Crippen molar-refractivity contribution in [3.05, 3.63) is 41.7 Å². The van der Waals surface area contributed by atoms with Crippen LogP contribution in [0.4, 0.5) is 5.13 Å². The smallest absolute Gasteiger partial charge is 0.202 e. The highest BCUT2D eigenvalue weighted by atomic mass is 32.1. The highest BCUT2D eigenvalue weighted by Crippen LogP contribution is 2.11. The van der Waals surface area contributed by atoms with E-state index in [1.807, 2.05) is 13.0 Å². The molecule has 1 heterocycles. The van der Waals surface area contributed by atoms with Crippen LogP contribution in [0.1, 0.15) is 18.3 Å². The number of nitrogens with zero attached hydrogens (tertiary/aromatic N) is 3. The second kappa shape index (κ2) is 6.63. The molecule has 1 atom stereocenters. The maximum absolute atomic E-state index is 4.30. The number of likely N-dealkylation sites (N-methyl/N-ethyl adjacent to an activating group) is 1. The van der Waals surface area contributed by atoms with Crippen LogP contribution in [0.25, 0.3) is 0 Å². The van der Waals surface area contributed by atoms with Gasteiger partial charge in [-0.15, -0.1) is 0 Å². The van der Waals surface area contributed by atoms with Crippen LogP contribution in [0.15, 0.2) is 30.3 Å². The fraction of sp³-hybridized carbons (Fsp3) is 0.429. The van der Waals surface area contributed by atoms with Gasteiger partial charge in [0.2, 0.25) is 5.13 Å². The van der Waals surface area contributed by atoms with E-state index >= 15 is 0 Å². The molecule has 1 aromatic carbocycles. The number of anilines is 1. The van der Waals surface area contributed by atoms with Crippen molar-refractivity contribution in [3.8, 4) is 0 Å². The first-order chi connectivity index (χ1) is 9.15. The van der Waals surface area contributed by atoms with Crippen LogP contribution in [-0.2, 0) is 6.54 Å². The Hall–Kier alpha value is -1.46. The molecule has 0 saturated carbocycles. The van der Waals surface area contributed by atoms with E-state index in [4.69, 9.17) is 0 Å². The Kier molecular flexibility index (Phi) is 4.87. The SMILES string of the molecule is Cc1nsc(NCC(C)N(C)Cc2ccccc2)n1. The van der Waals surface area contributed by atoms with Crippen LogP contribution in [0.3, 0.4) is 0 Å². The highest BCUT2D eigenvalue weighted by Gasteiger charge is 2.10. The van der Waals surface area contributed by atoms with Crippen LogP contribution >= 0.6 is 11.5 Å². The predicted octanol–water partition coefficient (Wildman–Crippen LogP) is 2.78. The largest absolute Gasteiger partial charge is 0.359 e. The van der Waals surface area contributed by atoms with Gasteiger partial charge in [-0.25, -0.2) is 4.98 Å². The van der Waals surface area contributed by atoms with E-state index in [1.54, 1.807) is 0 Å². The summed E-state index contributed by atoms with van der Waals surface area (Å²) in [6.45, 7) is 5.95. The number of rotatable bonds is 6. The predicted molar refractivity (Wildman–Crippen MR) is 80.5 cm³/mol. The molecule has 0 radical (unpaired) electrons. The minimum atomic E-state index is 0.435. The Morgan fingerprint density at radius 1 is 1.32 bits per heavy atom. The van der Waals surface area contributed by atoms with Crippen LogP contribution in [0.2, 0.25) is 0 Å². The third-order valence-corrected chi connectivity index (χ3v) is 3.87. The van der Waals surface area contributed by atoms with Crippen molar-refractivity contribution in [3.63, 3.8) is 0 Å². The first kappa shape index (κ1) is 14.0. The minimum absolute atomic E-state index is 0.435. The van der Waals surface area contributed by atoms with Crippen LogP contribution < -0.4 is 5.32 Å². The summed E-state index contributed by atoms with van der Waals surface area (Å²) in [7, 11) is 2.14. The Labute approximate surface area is 118 Å². The lowest BCUT2D eigenvalue weighted by molar-refractivity contribution is 0.259. The van der Waals surface area contributed by atoms with E-state index in [0.29, 0.717) is 6.04 Å².